The number of hydrogen-bond acceptors (Lipinski definition) is 5. The maximum absolute atomic E-state index is 12.4. The van der Waals surface area contributed by atoms with Crippen LogP contribution < -0.4 is 10.6 Å². The highest BCUT2D eigenvalue weighted by Crippen LogP contribution is 2.32. The SMILES string of the molecule is C[C@@](O)(CC(=O)NCCNc1ccccc1[N+](=O)[O-])C(F)(F)F. The van der Waals surface area contributed by atoms with Crippen LogP contribution in [-0.4, -0.2) is 40.8 Å². The molecule has 10 heteroatoms. The van der Waals surface area contributed by atoms with E-state index in [1.165, 1.54) is 18.2 Å². The number of nitrogens with zero attached hydrogens (tertiary/aromatic N) is 1. The zero-order valence-corrected chi connectivity index (χ0v) is 12.2. The number of nitrogens with one attached hydrogen (secondary N) is 2. The van der Waals surface area contributed by atoms with Gasteiger partial charge < -0.3 is 15.7 Å². The van der Waals surface area contributed by atoms with Crippen molar-refractivity contribution < 1.29 is 28.0 Å². The number of hydrogen-bond donors (Lipinski definition) is 3. The van der Waals surface area contributed by atoms with Crippen LogP contribution in [0.15, 0.2) is 24.3 Å². The number of carbonyl (C=O) groups is 1. The quantitative estimate of drug-likeness (QED) is 0.400. The third-order valence-electron chi connectivity index (χ3n) is 2.98. The molecule has 1 aromatic carbocycles. The summed E-state index contributed by atoms with van der Waals surface area (Å²) in [6.07, 6.45) is -6.03. The first-order valence-electron chi connectivity index (χ1n) is 6.57. The van der Waals surface area contributed by atoms with E-state index < -0.39 is 29.0 Å². The Morgan fingerprint density at radius 3 is 2.48 bits per heavy atom. The first kappa shape index (κ1) is 18.7. The molecule has 0 aliphatic heterocycles. The topological polar surface area (TPSA) is 104 Å². The van der Waals surface area contributed by atoms with Gasteiger partial charge in [-0.05, 0) is 13.0 Å². The number of aliphatic hydroxyl groups is 1. The van der Waals surface area contributed by atoms with Gasteiger partial charge in [-0.2, -0.15) is 13.2 Å². The Morgan fingerprint density at radius 2 is 1.91 bits per heavy atom. The molecule has 1 aromatic rings. The van der Waals surface area contributed by atoms with Crippen molar-refractivity contribution >= 4 is 17.3 Å². The summed E-state index contributed by atoms with van der Waals surface area (Å²) in [5, 5.41) is 24.9. The summed E-state index contributed by atoms with van der Waals surface area (Å²) < 4.78 is 37.3. The summed E-state index contributed by atoms with van der Waals surface area (Å²) in [6.45, 7) is 0.529. The molecule has 0 fully saturated rings. The van der Waals surface area contributed by atoms with Crippen LogP contribution in [0.3, 0.4) is 0 Å². The van der Waals surface area contributed by atoms with E-state index in [1.54, 1.807) is 6.07 Å². The van der Waals surface area contributed by atoms with Gasteiger partial charge in [0.2, 0.25) is 5.91 Å². The highest BCUT2D eigenvalue weighted by atomic mass is 19.4. The van der Waals surface area contributed by atoms with E-state index in [2.05, 4.69) is 10.6 Å². The van der Waals surface area contributed by atoms with Gasteiger partial charge in [-0.3, -0.25) is 14.9 Å². The molecule has 0 saturated carbocycles. The minimum atomic E-state index is -4.91. The molecule has 0 saturated heterocycles. The molecule has 0 aliphatic carbocycles. The number of carbonyl (C=O) groups excluding carboxylic acids is 1. The van der Waals surface area contributed by atoms with E-state index >= 15 is 0 Å². The predicted molar refractivity (Wildman–Crippen MR) is 75.9 cm³/mol. The average molecular weight is 335 g/mol. The Labute approximate surface area is 129 Å². The Bertz CT molecular complexity index is 576. The molecule has 0 aromatic heterocycles. The largest absolute Gasteiger partial charge is 0.417 e. The Hall–Kier alpha value is -2.36. The summed E-state index contributed by atoms with van der Waals surface area (Å²) in [5.74, 6) is -0.975. The van der Waals surface area contributed by atoms with Gasteiger partial charge in [-0.25, -0.2) is 0 Å². The fourth-order valence-electron chi connectivity index (χ4n) is 1.66. The third kappa shape index (κ3) is 5.40. The van der Waals surface area contributed by atoms with Gasteiger partial charge in [0.1, 0.15) is 5.69 Å². The number of benzene rings is 1. The Balaban J connectivity index is 2.44. The van der Waals surface area contributed by atoms with Crippen molar-refractivity contribution in [1.82, 2.24) is 5.32 Å². The standard InChI is InChI=1S/C13H16F3N3O4/c1-12(21,13(14,15)16)8-11(20)18-7-6-17-9-4-2-3-5-10(9)19(22)23/h2-5,17,21H,6-8H2,1H3,(H,18,20)/t12-/m1/s1. The van der Waals surface area contributed by atoms with E-state index in [0.717, 1.165) is 0 Å². The second kappa shape index (κ2) is 7.27. The van der Waals surface area contributed by atoms with E-state index in [4.69, 9.17) is 0 Å². The molecule has 3 N–H and O–H groups in total. The lowest BCUT2D eigenvalue weighted by Gasteiger charge is -2.25. The van der Waals surface area contributed by atoms with Crippen LogP contribution in [0, 0.1) is 10.1 Å². The maximum atomic E-state index is 12.4. The van der Waals surface area contributed by atoms with Crippen molar-refractivity contribution in [2.45, 2.75) is 25.1 Å². The van der Waals surface area contributed by atoms with Gasteiger partial charge in [0.05, 0.1) is 11.3 Å². The van der Waals surface area contributed by atoms with Crippen molar-refractivity contribution in [3.8, 4) is 0 Å². The third-order valence-corrected chi connectivity index (χ3v) is 2.98. The number of rotatable bonds is 7. The van der Waals surface area contributed by atoms with E-state index in [-0.39, 0.29) is 24.5 Å². The van der Waals surface area contributed by atoms with E-state index in [9.17, 15) is 33.2 Å². The van der Waals surface area contributed by atoms with Crippen molar-refractivity contribution in [2.75, 3.05) is 18.4 Å². The smallest absolute Gasteiger partial charge is 0.380 e. The van der Waals surface area contributed by atoms with Crippen LogP contribution in [-0.2, 0) is 4.79 Å². The summed E-state index contributed by atoms with van der Waals surface area (Å²) in [7, 11) is 0. The fraction of sp³-hybridized carbons (Fsp3) is 0.462. The lowest BCUT2D eigenvalue weighted by Crippen LogP contribution is -2.46. The summed E-state index contributed by atoms with van der Waals surface area (Å²) in [4.78, 5) is 21.6. The zero-order chi connectivity index (χ0) is 17.7. The van der Waals surface area contributed by atoms with Gasteiger partial charge >= 0.3 is 6.18 Å². The first-order chi connectivity index (χ1) is 10.5. The van der Waals surface area contributed by atoms with Gasteiger partial charge in [-0.1, -0.05) is 12.1 Å². The van der Waals surface area contributed by atoms with Crippen molar-refractivity contribution in [3.63, 3.8) is 0 Å². The molecule has 1 atom stereocenters. The molecule has 0 aliphatic rings. The Morgan fingerprint density at radius 1 is 1.30 bits per heavy atom. The number of nitro groups is 1. The second-order valence-corrected chi connectivity index (χ2v) is 5.00. The van der Waals surface area contributed by atoms with E-state index in [1.807, 2.05) is 0 Å². The van der Waals surface area contributed by atoms with Crippen molar-refractivity contribution in [1.29, 1.82) is 0 Å². The van der Waals surface area contributed by atoms with Crippen LogP contribution in [0.25, 0.3) is 0 Å². The number of para-hydroxylation sites is 2. The summed E-state index contributed by atoms with van der Waals surface area (Å²) >= 11 is 0. The zero-order valence-electron chi connectivity index (χ0n) is 12.2. The van der Waals surface area contributed by atoms with Gasteiger partial charge in [0.25, 0.3) is 5.69 Å². The second-order valence-electron chi connectivity index (χ2n) is 5.00. The van der Waals surface area contributed by atoms with Crippen LogP contribution >= 0.6 is 0 Å². The van der Waals surface area contributed by atoms with Crippen LogP contribution in [0.1, 0.15) is 13.3 Å². The molecule has 1 amide bonds. The molecule has 0 spiro atoms. The normalized spacial score (nSPS) is 14.0. The Kier molecular flexibility index (Phi) is 5.91. The highest BCUT2D eigenvalue weighted by molar-refractivity contribution is 5.77. The van der Waals surface area contributed by atoms with Crippen LogP contribution in [0.4, 0.5) is 24.5 Å². The summed E-state index contributed by atoms with van der Waals surface area (Å²) in [6, 6.07) is 5.83. The molecule has 7 nitrogen and oxygen atoms in total. The molecule has 0 radical (unpaired) electrons. The van der Waals surface area contributed by atoms with Crippen molar-refractivity contribution in [3.05, 3.63) is 34.4 Å². The number of nitro benzene ring substituents is 1. The maximum Gasteiger partial charge on any atom is 0.417 e. The molecule has 0 unspecified atom stereocenters. The van der Waals surface area contributed by atoms with Gasteiger partial charge in [-0.15, -0.1) is 0 Å². The van der Waals surface area contributed by atoms with E-state index in [0.29, 0.717) is 6.92 Å². The molecule has 128 valence electrons. The molecule has 23 heavy (non-hydrogen) atoms. The minimum absolute atomic E-state index is 0.0567. The molecule has 0 bridgehead atoms. The fourth-order valence-corrected chi connectivity index (χ4v) is 1.66. The average Bonchev–Trinajstić information content (AvgIpc) is 2.42. The summed E-state index contributed by atoms with van der Waals surface area (Å²) in [5.41, 5.74) is -3.03. The molecule has 1 rings (SSSR count). The monoisotopic (exact) mass is 335 g/mol. The number of anilines is 1. The number of amides is 1. The van der Waals surface area contributed by atoms with Gasteiger partial charge in [0, 0.05) is 19.2 Å². The molecular formula is C13H16F3N3O4. The van der Waals surface area contributed by atoms with Crippen molar-refractivity contribution in [2.24, 2.45) is 0 Å². The van der Waals surface area contributed by atoms with Crippen LogP contribution in [0.5, 0.6) is 0 Å². The minimum Gasteiger partial charge on any atom is -0.380 e. The molecular weight excluding hydrogens is 319 g/mol. The van der Waals surface area contributed by atoms with Crippen LogP contribution in [0.2, 0.25) is 0 Å². The first-order valence-corrected chi connectivity index (χ1v) is 6.57. The lowest BCUT2D eigenvalue weighted by molar-refractivity contribution is -0.384. The molecule has 0 heterocycles. The predicted octanol–water partition coefficient (Wildman–Crippen LogP) is 1.83. The highest BCUT2D eigenvalue weighted by Gasteiger charge is 2.50. The number of alkyl halides is 3. The van der Waals surface area contributed by atoms with Gasteiger partial charge in [0.15, 0.2) is 5.60 Å². The lowest BCUT2D eigenvalue weighted by atomic mass is 10.0. The number of halogens is 3.